The third-order valence-corrected chi connectivity index (χ3v) is 12.8. The van der Waals surface area contributed by atoms with E-state index in [2.05, 4.69) is 51.2 Å². The van der Waals surface area contributed by atoms with Crippen LogP contribution in [0.1, 0.15) is 11.1 Å². The highest BCUT2D eigenvalue weighted by molar-refractivity contribution is 7.86. The normalized spacial score (nSPS) is 11.8. The molecule has 70 heavy (non-hydrogen) atoms. The fourth-order valence-corrected chi connectivity index (χ4v) is 8.50. The molecule has 372 valence electrons. The van der Waals surface area contributed by atoms with Crippen LogP contribution in [0.15, 0.2) is 105 Å². The Hall–Kier alpha value is -7.00. The minimum absolute atomic E-state index is 0.00229. The number of hydrogen-bond acceptors (Lipinski definition) is 24. The second-order valence-corrected chi connectivity index (χ2v) is 19.2. The smallest absolute Gasteiger partial charge is 0.295 e. The number of nitrogens with zero attached hydrogens (tertiary/aromatic N) is 8. The van der Waals surface area contributed by atoms with Gasteiger partial charge in [0.25, 0.3) is 20.2 Å². The Labute approximate surface area is 402 Å². The second kappa shape index (κ2) is 23.5. The summed E-state index contributed by atoms with van der Waals surface area (Å²) >= 11 is 0. The summed E-state index contributed by atoms with van der Waals surface area (Å²) in [7, 11) is -15.6. The van der Waals surface area contributed by atoms with Crippen LogP contribution in [0.5, 0.6) is 0 Å². The third-order valence-electron chi connectivity index (χ3n) is 9.51. The molecule has 0 atom stereocenters. The monoisotopic (exact) mass is 1040 g/mol. The van der Waals surface area contributed by atoms with Crippen LogP contribution < -0.4 is 31.1 Å². The summed E-state index contributed by atoms with van der Waals surface area (Å²) in [6.07, 6.45) is 2.56. The molecule has 0 aliphatic carbocycles. The van der Waals surface area contributed by atoms with Crippen molar-refractivity contribution in [3.05, 3.63) is 96.1 Å². The van der Waals surface area contributed by atoms with Crippen LogP contribution in [0.4, 0.5) is 58.4 Å². The lowest BCUT2D eigenvalue weighted by Crippen LogP contribution is -2.31. The molecule has 0 amide bonds. The maximum atomic E-state index is 12.8. The van der Waals surface area contributed by atoms with Gasteiger partial charge in [0.05, 0.1) is 41.1 Å². The summed E-state index contributed by atoms with van der Waals surface area (Å²) < 4.78 is 116. The van der Waals surface area contributed by atoms with Crippen molar-refractivity contribution >= 4 is 112 Å². The fraction of sp³-hybridized carbons (Fsp3) is 0.200. The van der Waals surface area contributed by atoms with Crippen LogP contribution in [-0.2, 0) is 41.6 Å². The molecule has 4 aromatic carbocycles. The first-order chi connectivity index (χ1) is 33.4. The Morgan fingerprint density at radius 2 is 0.857 bits per heavy atom. The summed E-state index contributed by atoms with van der Waals surface area (Å²) in [5.41, 5.74) is 0.911. The number of anilines is 10. The van der Waals surface area contributed by atoms with E-state index >= 15 is 0 Å². The van der Waals surface area contributed by atoms with Gasteiger partial charge in [-0.1, -0.05) is 24.3 Å². The molecular formula is C40H44N12O14S4. The molecule has 30 heteroatoms. The molecule has 0 saturated heterocycles. The average molecular weight is 1050 g/mol. The molecule has 2 heterocycles. The molecule has 0 bridgehead atoms. The lowest BCUT2D eigenvalue weighted by atomic mass is 10.1. The number of thiol groups is 2. The number of rotatable bonds is 24. The van der Waals surface area contributed by atoms with Gasteiger partial charge < -0.3 is 51.5 Å². The highest BCUT2D eigenvalue weighted by atomic mass is 32.2. The Morgan fingerprint density at radius 1 is 0.471 bits per heavy atom. The van der Waals surface area contributed by atoms with Gasteiger partial charge in [0.2, 0.25) is 35.7 Å². The zero-order valence-corrected chi connectivity index (χ0v) is 39.6. The maximum Gasteiger partial charge on any atom is 0.295 e. The summed E-state index contributed by atoms with van der Waals surface area (Å²) in [4.78, 5) is 27.8. The standard InChI is InChI=1S/C40H44N12O14S4/c53-19-15-51(16-20-54)39-48-36(42-28-9-13-32(14-10-28)69(61,62)63)45-37(49-39)43-29-5-3-25(33(23-29)68(59)60)1-2-26-4-6-30(24-34(26)70(64,65)66)44-38-46-35(41-27-7-11-31(12-8-27)67(57)58)47-40(50-38)52(17-21-55)18-22-56/h1-14,23-24,53-56,67-68H,15-22H2,(H,61,62,63)(H,64,65,66)(H2,41,44,46,47,50)(H2,42,43,45,48,49)/b2-1+. The lowest BCUT2D eigenvalue weighted by Gasteiger charge is -2.21. The molecule has 10 N–H and O–H groups in total. The molecule has 0 unspecified atom stereocenters. The number of nitrogens with one attached hydrogen (secondary N) is 4. The molecule has 0 aliphatic rings. The summed E-state index contributed by atoms with van der Waals surface area (Å²) in [5, 5.41) is 50.1. The Morgan fingerprint density at radius 3 is 1.26 bits per heavy atom. The first-order valence-corrected chi connectivity index (χ1v) is 25.5. The quantitative estimate of drug-likeness (QED) is 0.0230. The number of aliphatic hydroxyl groups excluding tert-OH is 4. The van der Waals surface area contributed by atoms with Crippen LogP contribution in [0.25, 0.3) is 12.2 Å². The van der Waals surface area contributed by atoms with Gasteiger partial charge >= 0.3 is 0 Å². The van der Waals surface area contributed by atoms with Gasteiger partial charge in [-0.25, -0.2) is 16.8 Å². The number of aliphatic hydroxyl groups is 4. The molecule has 6 aromatic rings. The molecule has 2 aromatic heterocycles. The van der Waals surface area contributed by atoms with E-state index in [9.17, 15) is 63.2 Å². The molecule has 0 aliphatic heterocycles. The first-order valence-electron chi connectivity index (χ1n) is 20.3. The zero-order chi connectivity index (χ0) is 50.6. The number of aromatic nitrogens is 6. The van der Waals surface area contributed by atoms with Crippen LogP contribution in [-0.4, -0.2) is 146 Å². The fourth-order valence-electron chi connectivity index (χ4n) is 6.31. The van der Waals surface area contributed by atoms with E-state index in [1.54, 1.807) is 0 Å². The van der Waals surface area contributed by atoms with Crippen molar-refractivity contribution in [3.8, 4) is 0 Å². The van der Waals surface area contributed by atoms with Gasteiger partial charge in [-0.2, -0.15) is 46.7 Å². The number of hydrogen-bond donors (Lipinski definition) is 12. The van der Waals surface area contributed by atoms with Crippen molar-refractivity contribution in [2.24, 2.45) is 0 Å². The summed E-state index contributed by atoms with van der Waals surface area (Å²) in [6.45, 7) is -1.36. The van der Waals surface area contributed by atoms with Gasteiger partial charge in [-0.05, 0) is 83.9 Å². The van der Waals surface area contributed by atoms with Crippen LogP contribution >= 0.6 is 0 Å². The van der Waals surface area contributed by atoms with Crippen LogP contribution in [0.2, 0.25) is 0 Å². The predicted octanol–water partition coefficient (Wildman–Crippen LogP) is 1.22. The first kappa shape index (κ1) is 52.4. The van der Waals surface area contributed by atoms with Gasteiger partial charge in [0, 0.05) is 48.9 Å². The molecule has 26 nitrogen and oxygen atoms in total. The lowest BCUT2D eigenvalue weighted by molar-refractivity contribution is 0.279. The zero-order valence-electron chi connectivity index (χ0n) is 36.1. The van der Waals surface area contributed by atoms with Crippen molar-refractivity contribution in [2.75, 3.05) is 83.7 Å². The van der Waals surface area contributed by atoms with E-state index in [-0.39, 0.29) is 125 Å². The van der Waals surface area contributed by atoms with E-state index in [0.717, 1.165) is 18.2 Å². The van der Waals surface area contributed by atoms with Crippen LogP contribution in [0, 0.1) is 0 Å². The Balaban J connectivity index is 1.29. The minimum atomic E-state index is -4.95. The topological polar surface area (TPSA) is 390 Å². The van der Waals surface area contributed by atoms with Gasteiger partial charge in [-0.15, -0.1) is 0 Å². The number of benzene rings is 4. The average Bonchev–Trinajstić information content (AvgIpc) is 3.31. The molecular weight excluding hydrogens is 1000 g/mol. The van der Waals surface area contributed by atoms with E-state index < -0.39 is 46.5 Å². The van der Waals surface area contributed by atoms with Gasteiger partial charge in [0.15, 0.2) is 21.4 Å². The second-order valence-electron chi connectivity index (χ2n) is 14.3. The van der Waals surface area contributed by atoms with Gasteiger partial charge in [-0.3, -0.25) is 9.11 Å². The minimum Gasteiger partial charge on any atom is -0.395 e. The Kier molecular flexibility index (Phi) is 17.6. The molecule has 0 saturated carbocycles. The molecule has 0 radical (unpaired) electrons. The van der Waals surface area contributed by atoms with Crippen LogP contribution in [0.3, 0.4) is 0 Å². The van der Waals surface area contributed by atoms with E-state index in [4.69, 9.17) is 0 Å². The van der Waals surface area contributed by atoms with Crippen molar-refractivity contribution < 1.29 is 63.2 Å². The Bertz CT molecular complexity index is 3210. The summed E-state index contributed by atoms with van der Waals surface area (Å²) in [6, 6.07) is 18.5. The SMILES string of the molecule is O=[SH](=O)c1ccc(Nc2nc(Nc3ccc(/C=C/c4ccc(Nc5nc(Nc6ccc(S(=O)(=O)O)cc6)nc(N(CCO)CCO)n5)cc4[SH](=O)=O)c(S(=O)(=O)O)c3)nc(N(CCO)CCO)n2)cc1. The van der Waals surface area contributed by atoms with Crippen molar-refractivity contribution in [1.82, 2.24) is 29.9 Å². The van der Waals surface area contributed by atoms with Crippen molar-refractivity contribution in [1.29, 1.82) is 0 Å². The highest BCUT2D eigenvalue weighted by Gasteiger charge is 2.20. The van der Waals surface area contributed by atoms with E-state index in [1.807, 2.05) is 0 Å². The highest BCUT2D eigenvalue weighted by Crippen LogP contribution is 2.29. The maximum absolute atomic E-state index is 12.8. The molecule has 0 spiro atoms. The van der Waals surface area contributed by atoms with Gasteiger partial charge in [0.1, 0.15) is 4.90 Å². The van der Waals surface area contributed by atoms with Crippen molar-refractivity contribution in [2.45, 2.75) is 19.6 Å². The predicted molar refractivity (Wildman–Crippen MR) is 257 cm³/mol. The largest absolute Gasteiger partial charge is 0.395 e. The van der Waals surface area contributed by atoms with Crippen molar-refractivity contribution in [3.63, 3.8) is 0 Å². The molecule has 0 fully saturated rings. The molecule has 6 rings (SSSR count). The van der Waals surface area contributed by atoms with E-state index in [0.29, 0.717) is 11.4 Å². The summed E-state index contributed by atoms with van der Waals surface area (Å²) in [5.74, 6) is -0.490. The third kappa shape index (κ3) is 14.3. The van der Waals surface area contributed by atoms with E-state index in [1.165, 1.54) is 88.7 Å².